The van der Waals surface area contributed by atoms with Crippen LogP contribution in [0, 0.1) is 12.8 Å². The van der Waals surface area contributed by atoms with E-state index < -0.39 is 0 Å². The van der Waals surface area contributed by atoms with Crippen molar-refractivity contribution in [2.45, 2.75) is 52.1 Å². The molecule has 0 aliphatic heterocycles. The second-order valence-electron chi connectivity index (χ2n) is 6.40. The average molecular weight is 295 g/mol. The van der Waals surface area contributed by atoms with Crippen molar-refractivity contribution in [2.24, 2.45) is 11.7 Å². The van der Waals surface area contributed by atoms with Crippen LogP contribution in [0.15, 0.2) is 18.2 Å². The molecule has 1 saturated carbocycles. The van der Waals surface area contributed by atoms with Gasteiger partial charge in [0.05, 0.1) is 0 Å². The van der Waals surface area contributed by atoms with Crippen LogP contribution >= 0.6 is 11.6 Å². The SMILES string of the molecule is Cc1cc(Cl)ccc1C(CN)N(CCC(C)C)C1CC1. The molecule has 1 aromatic rings. The molecule has 1 fully saturated rings. The van der Waals surface area contributed by atoms with Crippen LogP contribution < -0.4 is 5.73 Å². The van der Waals surface area contributed by atoms with Crippen LogP contribution in [-0.4, -0.2) is 24.0 Å². The third kappa shape index (κ3) is 3.97. The monoisotopic (exact) mass is 294 g/mol. The molecule has 0 aromatic heterocycles. The second-order valence-corrected chi connectivity index (χ2v) is 6.84. The second kappa shape index (κ2) is 6.93. The van der Waals surface area contributed by atoms with Crippen LogP contribution in [0.4, 0.5) is 0 Å². The van der Waals surface area contributed by atoms with Crippen molar-refractivity contribution < 1.29 is 0 Å². The molecule has 20 heavy (non-hydrogen) atoms. The molecule has 1 atom stereocenters. The van der Waals surface area contributed by atoms with E-state index in [1.54, 1.807) is 0 Å². The number of hydrogen-bond acceptors (Lipinski definition) is 2. The minimum atomic E-state index is 0.332. The van der Waals surface area contributed by atoms with Crippen LogP contribution in [0.1, 0.15) is 50.3 Å². The van der Waals surface area contributed by atoms with Crippen molar-refractivity contribution in [2.75, 3.05) is 13.1 Å². The lowest BCUT2D eigenvalue weighted by molar-refractivity contribution is 0.180. The molecule has 1 aromatic carbocycles. The van der Waals surface area contributed by atoms with E-state index in [1.165, 1.54) is 30.4 Å². The molecule has 112 valence electrons. The molecule has 0 bridgehead atoms. The van der Waals surface area contributed by atoms with E-state index in [-0.39, 0.29) is 0 Å². The summed E-state index contributed by atoms with van der Waals surface area (Å²) >= 11 is 6.08. The maximum absolute atomic E-state index is 6.11. The van der Waals surface area contributed by atoms with Crippen molar-refractivity contribution in [3.63, 3.8) is 0 Å². The first-order valence-electron chi connectivity index (χ1n) is 7.74. The number of rotatable bonds is 7. The van der Waals surface area contributed by atoms with Gasteiger partial charge in [0.2, 0.25) is 0 Å². The van der Waals surface area contributed by atoms with Gasteiger partial charge in [-0.25, -0.2) is 0 Å². The van der Waals surface area contributed by atoms with E-state index in [0.29, 0.717) is 12.6 Å². The largest absolute Gasteiger partial charge is 0.329 e. The van der Waals surface area contributed by atoms with E-state index in [0.717, 1.165) is 23.5 Å². The van der Waals surface area contributed by atoms with Gasteiger partial charge in [0.25, 0.3) is 0 Å². The fourth-order valence-corrected chi connectivity index (χ4v) is 3.09. The Bertz CT molecular complexity index is 441. The molecule has 2 nitrogen and oxygen atoms in total. The normalized spacial score (nSPS) is 16.9. The Morgan fingerprint density at radius 2 is 2.05 bits per heavy atom. The van der Waals surface area contributed by atoms with Gasteiger partial charge in [-0.2, -0.15) is 0 Å². The number of nitrogens with two attached hydrogens (primary N) is 1. The quantitative estimate of drug-likeness (QED) is 0.818. The topological polar surface area (TPSA) is 29.3 Å². The molecule has 0 heterocycles. The fraction of sp³-hybridized carbons (Fsp3) is 0.647. The van der Waals surface area contributed by atoms with Gasteiger partial charge in [-0.1, -0.05) is 31.5 Å². The van der Waals surface area contributed by atoms with Gasteiger partial charge in [-0.15, -0.1) is 0 Å². The van der Waals surface area contributed by atoms with Gasteiger partial charge in [-0.05, 0) is 61.9 Å². The zero-order valence-corrected chi connectivity index (χ0v) is 13.7. The van der Waals surface area contributed by atoms with Gasteiger partial charge < -0.3 is 5.73 Å². The van der Waals surface area contributed by atoms with Gasteiger partial charge in [-0.3, -0.25) is 4.90 Å². The Labute approximate surface area is 128 Å². The number of halogens is 1. The predicted molar refractivity (Wildman–Crippen MR) is 87.2 cm³/mol. The number of nitrogens with zero attached hydrogens (tertiary/aromatic N) is 1. The zero-order valence-electron chi connectivity index (χ0n) is 12.9. The predicted octanol–water partition coefficient (Wildman–Crippen LogP) is 4.16. The third-order valence-electron chi connectivity index (χ3n) is 4.19. The van der Waals surface area contributed by atoms with Crippen LogP contribution in [-0.2, 0) is 0 Å². The first-order chi connectivity index (χ1) is 9.52. The van der Waals surface area contributed by atoms with Crippen LogP contribution in [0.25, 0.3) is 0 Å². The van der Waals surface area contributed by atoms with E-state index in [9.17, 15) is 0 Å². The van der Waals surface area contributed by atoms with Crippen molar-refractivity contribution >= 4 is 11.6 Å². The lowest BCUT2D eigenvalue weighted by Crippen LogP contribution is -2.37. The minimum Gasteiger partial charge on any atom is -0.329 e. The third-order valence-corrected chi connectivity index (χ3v) is 4.43. The highest BCUT2D eigenvalue weighted by Crippen LogP contribution is 2.36. The summed E-state index contributed by atoms with van der Waals surface area (Å²) in [6, 6.07) is 7.25. The Morgan fingerprint density at radius 3 is 2.55 bits per heavy atom. The van der Waals surface area contributed by atoms with Gasteiger partial charge in [0, 0.05) is 23.7 Å². The molecule has 0 saturated heterocycles. The standard InChI is InChI=1S/C17H27ClN2/c1-12(2)8-9-20(15-5-6-15)17(11-19)16-7-4-14(18)10-13(16)3/h4,7,10,12,15,17H,5-6,8-9,11,19H2,1-3H3. The molecular weight excluding hydrogens is 268 g/mol. The number of benzene rings is 1. The van der Waals surface area contributed by atoms with E-state index in [2.05, 4.69) is 31.7 Å². The van der Waals surface area contributed by atoms with E-state index in [1.807, 2.05) is 12.1 Å². The number of hydrogen-bond donors (Lipinski definition) is 1. The molecule has 3 heteroatoms. The van der Waals surface area contributed by atoms with Gasteiger partial charge in [0.15, 0.2) is 0 Å². The molecule has 2 rings (SSSR count). The molecule has 2 N–H and O–H groups in total. The van der Waals surface area contributed by atoms with Crippen LogP contribution in [0.5, 0.6) is 0 Å². The van der Waals surface area contributed by atoms with Crippen molar-refractivity contribution in [3.05, 3.63) is 34.3 Å². The van der Waals surface area contributed by atoms with E-state index >= 15 is 0 Å². The summed E-state index contributed by atoms with van der Waals surface area (Å²) in [5, 5.41) is 0.808. The first kappa shape index (κ1) is 15.8. The highest BCUT2D eigenvalue weighted by Gasteiger charge is 2.34. The molecule has 0 radical (unpaired) electrons. The maximum atomic E-state index is 6.11. The summed E-state index contributed by atoms with van der Waals surface area (Å²) in [6.07, 6.45) is 3.88. The van der Waals surface area contributed by atoms with Crippen molar-refractivity contribution in [3.8, 4) is 0 Å². The van der Waals surface area contributed by atoms with Crippen molar-refractivity contribution in [1.82, 2.24) is 4.90 Å². The molecule has 1 unspecified atom stereocenters. The summed E-state index contributed by atoms with van der Waals surface area (Å²) in [7, 11) is 0. The number of aryl methyl sites for hydroxylation is 1. The van der Waals surface area contributed by atoms with Gasteiger partial charge >= 0.3 is 0 Å². The lowest BCUT2D eigenvalue weighted by atomic mass is 9.99. The van der Waals surface area contributed by atoms with E-state index in [4.69, 9.17) is 17.3 Å². The Hall–Kier alpha value is -0.570. The van der Waals surface area contributed by atoms with Crippen LogP contribution in [0.3, 0.4) is 0 Å². The highest BCUT2D eigenvalue weighted by molar-refractivity contribution is 6.30. The zero-order chi connectivity index (χ0) is 14.7. The highest BCUT2D eigenvalue weighted by atomic mass is 35.5. The molecule has 0 amide bonds. The van der Waals surface area contributed by atoms with Crippen molar-refractivity contribution in [1.29, 1.82) is 0 Å². The molecule has 0 spiro atoms. The Balaban J connectivity index is 2.18. The summed E-state index contributed by atoms with van der Waals surface area (Å²) in [4.78, 5) is 2.62. The molecule has 1 aliphatic rings. The summed E-state index contributed by atoms with van der Waals surface area (Å²) in [5.74, 6) is 0.737. The van der Waals surface area contributed by atoms with Crippen LogP contribution in [0.2, 0.25) is 5.02 Å². The summed E-state index contributed by atoms with van der Waals surface area (Å²) in [6.45, 7) is 8.53. The smallest absolute Gasteiger partial charge is 0.0476 e. The maximum Gasteiger partial charge on any atom is 0.0476 e. The average Bonchev–Trinajstić information content (AvgIpc) is 3.19. The molecule has 1 aliphatic carbocycles. The minimum absolute atomic E-state index is 0.332. The lowest BCUT2D eigenvalue weighted by Gasteiger charge is -2.33. The Morgan fingerprint density at radius 1 is 1.35 bits per heavy atom. The molecular formula is C17H27ClN2. The Kier molecular flexibility index (Phi) is 5.48. The summed E-state index contributed by atoms with van der Waals surface area (Å²) in [5.41, 5.74) is 8.70. The first-order valence-corrected chi connectivity index (χ1v) is 8.12. The fourth-order valence-electron chi connectivity index (χ4n) is 2.86. The summed E-state index contributed by atoms with van der Waals surface area (Å²) < 4.78 is 0. The van der Waals surface area contributed by atoms with Gasteiger partial charge in [0.1, 0.15) is 0 Å².